The average molecular weight is 331 g/mol. The van der Waals surface area contributed by atoms with E-state index in [1.165, 1.54) is 0 Å². The van der Waals surface area contributed by atoms with Crippen LogP contribution in [0.15, 0.2) is 21.3 Å². The Balaban J connectivity index is 2.07. The molecule has 24 heavy (non-hydrogen) atoms. The number of hydrogen-bond acceptors (Lipinski definition) is 5. The summed E-state index contributed by atoms with van der Waals surface area (Å²) < 4.78 is 5.50. The minimum Gasteiger partial charge on any atom is -0.544 e. The smallest absolute Gasteiger partial charge is 0.339 e. The first-order valence-corrected chi connectivity index (χ1v) is 8.36. The number of phenolic OH excluding ortho intramolecular Hbond substituents is 1. The van der Waals surface area contributed by atoms with Crippen LogP contribution in [0.4, 0.5) is 0 Å². The van der Waals surface area contributed by atoms with Gasteiger partial charge in [0.25, 0.3) is 0 Å². The van der Waals surface area contributed by atoms with Gasteiger partial charge >= 0.3 is 5.63 Å². The van der Waals surface area contributed by atoms with Gasteiger partial charge in [-0.1, -0.05) is 6.92 Å². The van der Waals surface area contributed by atoms with E-state index in [1.54, 1.807) is 24.4 Å². The van der Waals surface area contributed by atoms with Gasteiger partial charge in [-0.3, -0.25) is 0 Å². The van der Waals surface area contributed by atoms with Crippen LogP contribution in [0.2, 0.25) is 0 Å². The predicted octanol–water partition coefficient (Wildman–Crippen LogP) is -0.0307. The molecule has 1 aliphatic rings. The van der Waals surface area contributed by atoms with Crippen LogP contribution in [0, 0.1) is 0 Å². The lowest BCUT2D eigenvalue weighted by Gasteiger charge is -2.18. The molecule has 0 fully saturated rings. The molecule has 3 rings (SSSR count). The number of aliphatic carboxylic acids is 1. The molecule has 0 spiro atoms. The Labute approximate surface area is 139 Å². The van der Waals surface area contributed by atoms with Crippen molar-refractivity contribution in [3.63, 3.8) is 0 Å². The molecular formula is C18H21NO5. The average Bonchev–Trinajstić information content (AvgIpc) is 2.57. The minimum absolute atomic E-state index is 0.00543. The lowest BCUT2D eigenvalue weighted by molar-refractivity contribution is -0.698. The van der Waals surface area contributed by atoms with Crippen LogP contribution in [0.5, 0.6) is 5.75 Å². The fraction of sp³-hybridized carbons (Fsp3) is 0.444. The molecule has 1 atom stereocenters. The third kappa shape index (κ3) is 2.89. The van der Waals surface area contributed by atoms with Gasteiger partial charge in [0.1, 0.15) is 18.3 Å². The molecular weight excluding hydrogens is 310 g/mol. The van der Waals surface area contributed by atoms with E-state index in [0.717, 1.165) is 42.2 Å². The second kappa shape index (κ2) is 6.65. The van der Waals surface area contributed by atoms with Crippen molar-refractivity contribution in [3.05, 3.63) is 39.2 Å². The number of aromatic hydroxyl groups is 1. The van der Waals surface area contributed by atoms with Gasteiger partial charge in [0, 0.05) is 17.4 Å². The molecule has 128 valence electrons. The van der Waals surface area contributed by atoms with E-state index < -0.39 is 12.0 Å². The number of rotatable bonds is 5. The summed E-state index contributed by atoms with van der Waals surface area (Å²) in [5.74, 6) is -1.14. The number of phenols is 1. The molecule has 0 bridgehead atoms. The molecule has 1 heterocycles. The second-order valence-electron chi connectivity index (χ2n) is 6.27. The molecule has 2 aromatic rings. The Morgan fingerprint density at radius 1 is 1.33 bits per heavy atom. The van der Waals surface area contributed by atoms with Crippen LogP contribution in [-0.2, 0) is 24.2 Å². The first-order chi connectivity index (χ1) is 11.5. The fourth-order valence-electron chi connectivity index (χ4n) is 3.44. The van der Waals surface area contributed by atoms with Gasteiger partial charge in [-0.25, -0.2) is 4.79 Å². The lowest BCUT2D eigenvalue weighted by Crippen LogP contribution is -2.91. The molecule has 0 radical (unpaired) electrons. The highest BCUT2D eigenvalue weighted by molar-refractivity contribution is 5.86. The Morgan fingerprint density at radius 3 is 2.71 bits per heavy atom. The van der Waals surface area contributed by atoms with E-state index in [9.17, 15) is 19.8 Å². The molecule has 0 unspecified atom stereocenters. The summed E-state index contributed by atoms with van der Waals surface area (Å²) >= 11 is 0. The standard InChI is InChI=1S/C18H21NO5/c1-2-14(17(21)22)19-9-13-15(20)8-7-11-10-5-3-4-6-12(10)18(23)24-16(11)13/h7-8,14,19-20H,2-6,9H2,1H3,(H,21,22)/t14-/m1/s1. The highest BCUT2D eigenvalue weighted by Crippen LogP contribution is 2.32. The Bertz CT molecular complexity index is 839. The van der Waals surface area contributed by atoms with E-state index >= 15 is 0 Å². The SMILES string of the molecule is CC[C@@H]([NH2+]Cc1c(O)ccc2c3c(c(=O)oc12)CCCC3)C(=O)[O-]. The number of carbonyl (C=O) groups is 1. The summed E-state index contributed by atoms with van der Waals surface area (Å²) in [6, 6.07) is 2.65. The second-order valence-corrected chi connectivity index (χ2v) is 6.27. The molecule has 0 saturated carbocycles. The lowest BCUT2D eigenvalue weighted by atomic mass is 9.90. The van der Waals surface area contributed by atoms with Gasteiger partial charge < -0.3 is 24.7 Å². The van der Waals surface area contributed by atoms with Gasteiger partial charge in [0.15, 0.2) is 5.58 Å². The van der Waals surface area contributed by atoms with Gasteiger partial charge in [-0.15, -0.1) is 0 Å². The monoisotopic (exact) mass is 331 g/mol. The van der Waals surface area contributed by atoms with Crippen molar-refractivity contribution in [2.24, 2.45) is 0 Å². The molecule has 6 nitrogen and oxygen atoms in total. The molecule has 1 aromatic carbocycles. The number of nitrogens with two attached hydrogens (primary N) is 1. The highest BCUT2D eigenvalue weighted by atomic mass is 16.4. The topological polar surface area (TPSA) is 107 Å². The highest BCUT2D eigenvalue weighted by Gasteiger charge is 2.22. The predicted molar refractivity (Wildman–Crippen MR) is 85.5 cm³/mol. The number of fused-ring (bicyclic) bond motifs is 3. The molecule has 1 aliphatic carbocycles. The number of benzene rings is 1. The van der Waals surface area contributed by atoms with E-state index in [1.807, 2.05) is 0 Å². The van der Waals surface area contributed by atoms with E-state index in [4.69, 9.17) is 4.42 Å². The summed E-state index contributed by atoms with van der Waals surface area (Å²) in [4.78, 5) is 23.3. The van der Waals surface area contributed by atoms with Crippen molar-refractivity contribution >= 4 is 16.9 Å². The Kier molecular flexibility index (Phi) is 4.57. The number of hydrogen-bond donors (Lipinski definition) is 2. The minimum atomic E-state index is -1.14. The van der Waals surface area contributed by atoms with Crippen LogP contribution in [0.1, 0.15) is 42.9 Å². The fourth-order valence-corrected chi connectivity index (χ4v) is 3.44. The van der Waals surface area contributed by atoms with E-state index in [2.05, 4.69) is 0 Å². The van der Waals surface area contributed by atoms with Crippen LogP contribution in [0.3, 0.4) is 0 Å². The van der Waals surface area contributed by atoms with Crippen molar-refractivity contribution in [1.29, 1.82) is 0 Å². The van der Waals surface area contributed by atoms with Crippen LogP contribution >= 0.6 is 0 Å². The van der Waals surface area contributed by atoms with Gasteiger partial charge in [-0.2, -0.15) is 0 Å². The molecule has 3 N–H and O–H groups in total. The summed E-state index contributed by atoms with van der Waals surface area (Å²) in [7, 11) is 0. The first kappa shape index (κ1) is 16.5. The molecule has 0 amide bonds. The summed E-state index contributed by atoms with van der Waals surface area (Å²) in [6.45, 7) is 1.97. The largest absolute Gasteiger partial charge is 0.544 e. The van der Waals surface area contributed by atoms with E-state index in [-0.39, 0.29) is 17.9 Å². The van der Waals surface area contributed by atoms with Gasteiger partial charge in [0.05, 0.1) is 11.5 Å². The van der Waals surface area contributed by atoms with Crippen molar-refractivity contribution in [2.45, 2.75) is 51.6 Å². The zero-order chi connectivity index (χ0) is 17.3. The number of quaternary nitrogens is 1. The Morgan fingerprint density at radius 2 is 2.04 bits per heavy atom. The Hall–Kier alpha value is -2.34. The molecule has 1 aromatic heterocycles. The number of carboxylic acids is 1. The van der Waals surface area contributed by atoms with E-state index in [0.29, 0.717) is 17.6 Å². The number of carboxylic acid groups (broad SMARTS) is 1. The number of carbonyl (C=O) groups excluding carboxylic acids is 1. The maximum absolute atomic E-state index is 12.3. The third-order valence-electron chi connectivity index (χ3n) is 4.82. The zero-order valence-corrected chi connectivity index (χ0v) is 13.6. The van der Waals surface area contributed by atoms with Crippen molar-refractivity contribution in [3.8, 4) is 5.75 Å². The van der Waals surface area contributed by atoms with Crippen molar-refractivity contribution < 1.29 is 24.7 Å². The van der Waals surface area contributed by atoms with Crippen LogP contribution in [0.25, 0.3) is 11.0 Å². The maximum Gasteiger partial charge on any atom is 0.339 e. The molecule has 0 aliphatic heterocycles. The maximum atomic E-state index is 12.3. The summed E-state index contributed by atoms with van der Waals surface area (Å²) in [6.07, 6.45) is 3.95. The third-order valence-corrected chi connectivity index (χ3v) is 4.82. The number of aryl methyl sites for hydroxylation is 1. The molecule has 6 heteroatoms. The summed E-state index contributed by atoms with van der Waals surface area (Å²) in [5, 5.41) is 23.7. The van der Waals surface area contributed by atoms with Crippen molar-refractivity contribution in [2.75, 3.05) is 0 Å². The van der Waals surface area contributed by atoms with Crippen molar-refractivity contribution in [1.82, 2.24) is 0 Å². The molecule has 0 saturated heterocycles. The van der Waals surface area contributed by atoms with Crippen LogP contribution in [-0.4, -0.2) is 17.1 Å². The van der Waals surface area contributed by atoms with Gasteiger partial charge in [-0.05, 0) is 43.4 Å². The van der Waals surface area contributed by atoms with Gasteiger partial charge in [0.2, 0.25) is 0 Å². The summed E-state index contributed by atoms with van der Waals surface area (Å²) in [5.41, 5.74) is 2.20. The normalized spacial score (nSPS) is 15.2. The quantitative estimate of drug-likeness (QED) is 0.748. The zero-order valence-electron chi connectivity index (χ0n) is 13.6. The first-order valence-electron chi connectivity index (χ1n) is 8.36. The van der Waals surface area contributed by atoms with Crippen LogP contribution < -0.4 is 16.0 Å².